The second kappa shape index (κ2) is 11.3. The maximum absolute atomic E-state index is 10.5. The summed E-state index contributed by atoms with van der Waals surface area (Å²) in [5.41, 5.74) is 0.833. The van der Waals surface area contributed by atoms with Gasteiger partial charge in [-0.05, 0) is 44.5 Å². The zero-order chi connectivity index (χ0) is 17.1. The van der Waals surface area contributed by atoms with Crippen molar-refractivity contribution in [3.8, 4) is 11.5 Å². The molecule has 23 heavy (non-hydrogen) atoms. The van der Waals surface area contributed by atoms with Gasteiger partial charge < -0.3 is 19.5 Å². The maximum atomic E-state index is 10.5. The van der Waals surface area contributed by atoms with Gasteiger partial charge in [0, 0.05) is 18.2 Å². The first kappa shape index (κ1) is 19.8. The van der Waals surface area contributed by atoms with E-state index in [1.165, 1.54) is 25.7 Å². The Hall–Kier alpha value is -1.26. The molecule has 1 atom stereocenters. The second-order valence-corrected chi connectivity index (χ2v) is 5.96. The molecule has 0 spiro atoms. The first-order valence-corrected chi connectivity index (χ1v) is 8.78. The molecule has 0 radical (unpaired) electrons. The Kier molecular flexibility index (Phi) is 9.72. The van der Waals surface area contributed by atoms with Gasteiger partial charge in [0.05, 0.1) is 20.3 Å². The van der Waals surface area contributed by atoms with Crippen LogP contribution >= 0.6 is 0 Å². The Balaban J connectivity index is 2.64. The number of rotatable bonds is 12. The largest absolute Gasteiger partial charge is 0.497 e. The lowest BCUT2D eigenvalue weighted by molar-refractivity contribution is 0.137. The van der Waals surface area contributed by atoms with Crippen LogP contribution in [0.25, 0.3) is 0 Å². The average molecular weight is 323 g/mol. The molecule has 0 aliphatic heterocycles. The van der Waals surface area contributed by atoms with Crippen molar-refractivity contribution in [1.82, 2.24) is 4.90 Å². The lowest BCUT2D eigenvalue weighted by Crippen LogP contribution is -2.28. The van der Waals surface area contributed by atoms with Crippen LogP contribution in [-0.2, 0) is 0 Å². The van der Waals surface area contributed by atoms with Crippen molar-refractivity contribution < 1.29 is 14.6 Å². The van der Waals surface area contributed by atoms with Crippen molar-refractivity contribution in [2.45, 2.75) is 52.1 Å². The van der Waals surface area contributed by atoms with Gasteiger partial charge in [0.2, 0.25) is 0 Å². The number of hydrogen-bond acceptors (Lipinski definition) is 4. The summed E-state index contributed by atoms with van der Waals surface area (Å²) in [5.74, 6) is 1.43. The molecule has 0 aliphatic carbocycles. The van der Waals surface area contributed by atoms with Gasteiger partial charge in [-0.3, -0.25) is 0 Å². The number of aliphatic hydroxyl groups excluding tert-OH is 1. The summed E-state index contributed by atoms with van der Waals surface area (Å²) in [4.78, 5) is 2.46. The van der Waals surface area contributed by atoms with E-state index in [1.807, 2.05) is 18.2 Å². The predicted octanol–water partition coefficient (Wildman–Crippen LogP) is 4.03. The van der Waals surface area contributed by atoms with Gasteiger partial charge in [0.25, 0.3) is 0 Å². The Labute approximate surface area is 141 Å². The van der Waals surface area contributed by atoms with E-state index >= 15 is 0 Å². The fourth-order valence-corrected chi connectivity index (χ4v) is 2.65. The molecule has 4 nitrogen and oxygen atoms in total. The number of ether oxygens (including phenoxy) is 2. The first-order valence-electron chi connectivity index (χ1n) is 8.78. The van der Waals surface area contributed by atoms with Crippen LogP contribution in [0, 0.1) is 0 Å². The Morgan fingerprint density at radius 3 is 2.17 bits per heavy atom. The van der Waals surface area contributed by atoms with Crippen LogP contribution in [0.15, 0.2) is 18.2 Å². The van der Waals surface area contributed by atoms with E-state index in [0.717, 1.165) is 37.4 Å². The summed E-state index contributed by atoms with van der Waals surface area (Å²) in [6, 6.07) is 5.59. The number of hydrogen-bond donors (Lipinski definition) is 1. The highest BCUT2D eigenvalue weighted by Crippen LogP contribution is 2.31. The van der Waals surface area contributed by atoms with Crippen molar-refractivity contribution in [2.75, 3.05) is 33.9 Å². The monoisotopic (exact) mass is 323 g/mol. The lowest BCUT2D eigenvalue weighted by Gasteiger charge is -2.24. The van der Waals surface area contributed by atoms with Gasteiger partial charge >= 0.3 is 0 Å². The zero-order valence-electron chi connectivity index (χ0n) is 15.2. The molecule has 1 aromatic rings. The third kappa shape index (κ3) is 6.80. The molecule has 0 aromatic heterocycles. The van der Waals surface area contributed by atoms with E-state index in [1.54, 1.807) is 14.2 Å². The normalized spacial score (nSPS) is 12.4. The molecule has 4 heteroatoms. The number of unbranched alkanes of at least 4 members (excludes halogenated alkanes) is 2. The van der Waals surface area contributed by atoms with E-state index in [2.05, 4.69) is 18.7 Å². The van der Waals surface area contributed by atoms with E-state index in [0.29, 0.717) is 5.75 Å². The van der Waals surface area contributed by atoms with Crippen LogP contribution in [0.4, 0.5) is 0 Å². The van der Waals surface area contributed by atoms with Crippen molar-refractivity contribution in [3.05, 3.63) is 23.8 Å². The second-order valence-electron chi connectivity index (χ2n) is 5.96. The molecule has 1 unspecified atom stereocenters. The standard InChI is InChI=1S/C19H33NO3/c1-5-7-12-20(13-8-6-2)14-11-18(21)17-10-9-16(22-3)15-19(17)23-4/h9-10,15,18,21H,5-8,11-14H2,1-4H3. The highest BCUT2D eigenvalue weighted by molar-refractivity contribution is 5.41. The molecule has 132 valence electrons. The topological polar surface area (TPSA) is 41.9 Å². The predicted molar refractivity (Wildman–Crippen MR) is 95.4 cm³/mol. The third-order valence-corrected chi connectivity index (χ3v) is 4.17. The third-order valence-electron chi connectivity index (χ3n) is 4.17. The van der Waals surface area contributed by atoms with Crippen LogP contribution in [-0.4, -0.2) is 43.9 Å². The molecular weight excluding hydrogens is 290 g/mol. The van der Waals surface area contributed by atoms with Gasteiger partial charge in [0.15, 0.2) is 0 Å². The summed E-state index contributed by atoms with van der Waals surface area (Å²) < 4.78 is 10.6. The minimum atomic E-state index is -0.512. The van der Waals surface area contributed by atoms with Crippen molar-refractivity contribution in [3.63, 3.8) is 0 Å². The quantitative estimate of drug-likeness (QED) is 0.630. The molecule has 0 heterocycles. The van der Waals surface area contributed by atoms with Crippen LogP contribution in [0.5, 0.6) is 11.5 Å². The van der Waals surface area contributed by atoms with Gasteiger partial charge in [0.1, 0.15) is 11.5 Å². The highest BCUT2D eigenvalue weighted by atomic mass is 16.5. The molecule has 0 saturated heterocycles. The summed E-state index contributed by atoms with van der Waals surface area (Å²) in [5, 5.41) is 10.5. The van der Waals surface area contributed by atoms with Gasteiger partial charge in [-0.1, -0.05) is 26.7 Å². The van der Waals surface area contributed by atoms with Crippen LogP contribution in [0.3, 0.4) is 0 Å². The molecule has 0 amide bonds. The van der Waals surface area contributed by atoms with E-state index in [9.17, 15) is 5.11 Å². The summed E-state index contributed by atoms with van der Waals surface area (Å²) >= 11 is 0. The Bertz CT molecular complexity index is 429. The summed E-state index contributed by atoms with van der Waals surface area (Å²) in [7, 11) is 3.25. The molecule has 1 N–H and O–H groups in total. The molecule has 0 fully saturated rings. The smallest absolute Gasteiger partial charge is 0.128 e. The van der Waals surface area contributed by atoms with E-state index in [4.69, 9.17) is 9.47 Å². The summed E-state index contributed by atoms with van der Waals surface area (Å²) in [6.07, 6.45) is 5.05. The number of benzene rings is 1. The van der Waals surface area contributed by atoms with Crippen LogP contribution in [0.1, 0.15) is 57.6 Å². The molecule has 0 saturated carbocycles. The van der Waals surface area contributed by atoms with Crippen molar-refractivity contribution >= 4 is 0 Å². The summed E-state index contributed by atoms with van der Waals surface area (Å²) in [6.45, 7) is 7.58. The molecule has 1 aromatic carbocycles. The van der Waals surface area contributed by atoms with Gasteiger partial charge in [-0.15, -0.1) is 0 Å². The fraction of sp³-hybridized carbons (Fsp3) is 0.684. The van der Waals surface area contributed by atoms with Gasteiger partial charge in [-0.25, -0.2) is 0 Å². The highest BCUT2D eigenvalue weighted by Gasteiger charge is 2.15. The molecule has 0 bridgehead atoms. The van der Waals surface area contributed by atoms with Crippen molar-refractivity contribution in [1.29, 1.82) is 0 Å². The fourth-order valence-electron chi connectivity index (χ4n) is 2.65. The lowest BCUT2D eigenvalue weighted by atomic mass is 10.0. The number of nitrogens with zero attached hydrogens (tertiary/aromatic N) is 1. The van der Waals surface area contributed by atoms with E-state index < -0.39 is 6.10 Å². The SMILES string of the molecule is CCCCN(CCCC)CCC(O)c1ccc(OC)cc1OC. The maximum Gasteiger partial charge on any atom is 0.128 e. The molecule has 0 aliphatic rings. The number of aliphatic hydroxyl groups is 1. The average Bonchev–Trinajstić information content (AvgIpc) is 2.60. The number of methoxy groups -OCH3 is 2. The Morgan fingerprint density at radius 2 is 1.65 bits per heavy atom. The minimum Gasteiger partial charge on any atom is -0.497 e. The van der Waals surface area contributed by atoms with Crippen LogP contribution in [0.2, 0.25) is 0 Å². The zero-order valence-corrected chi connectivity index (χ0v) is 15.2. The molecular formula is C19H33NO3. The Morgan fingerprint density at radius 1 is 1.00 bits per heavy atom. The minimum absolute atomic E-state index is 0.512. The van der Waals surface area contributed by atoms with Crippen molar-refractivity contribution in [2.24, 2.45) is 0 Å². The van der Waals surface area contributed by atoms with E-state index in [-0.39, 0.29) is 0 Å². The van der Waals surface area contributed by atoms with Crippen LogP contribution < -0.4 is 9.47 Å². The van der Waals surface area contributed by atoms with Gasteiger partial charge in [-0.2, -0.15) is 0 Å². The molecule has 1 rings (SSSR count). The first-order chi connectivity index (χ1) is 11.2.